The van der Waals surface area contributed by atoms with Crippen LogP contribution in [0.2, 0.25) is 0 Å². The number of fused-ring (bicyclic) bond motifs is 3. The lowest BCUT2D eigenvalue weighted by atomic mass is 9.82. The molecule has 0 bridgehead atoms. The Labute approximate surface area is 398 Å². The number of esters is 4. The Bertz CT molecular complexity index is 2290. The zero-order valence-electron chi connectivity index (χ0n) is 38.8. The zero-order chi connectivity index (χ0) is 49.8. The van der Waals surface area contributed by atoms with Crippen molar-refractivity contribution in [2.75, 3.05) is 79.3 Å². The van der Waals surface area contributed by atoms with Crippen molar-refractivity contribution in [2.45, 2.75) is 33.1 Å². The number of benzene rings is 4. The maximum Gasteiger partial charge on any atom is 0.513 e. The van der Waals surface area contributed by atoms with Crippen molar-refractivity contribution in [3.63, 3.8) is 0 Å². The van der Waals surface area contributed by atoms with E-state index in [-0.39, 0.29) is 102 Å². The van der Waals surface area contributed by atoms with E-state index in [2.05, 4.69) is 13.2 Å². The van der Waals surface area contributed by atoms with Gasteiger partial charge in [-0.15, -0.1) is 0 Å². The third-order valence-corrected chi connectivity index (χ3v) is 9.88. The fourth-order valence-electron chi connectivity index (χ4n) is 6.37. The van der Waals surface area contributed by atoms with Crippen LogP contribution in [0.1, 0.15) is 59.5 Å². The lowest BCUT2D eigenvalue weighted by molar-refractivity contribution is -0.141. The molecular formula is C51H54O18. The van der Waals surface area contributed by atoms with E-state index in [0.29, 0.717) is 22.6 Å². The Morgan fingerprint density at radius 1 is 0.406 bits per heavy atom. The Balaban J connectivity index is 1.01. The highest BCUT2D eigenvalue weighted by molar-refractivity contribution is 5.93. The van der Waals surface area contributed by atoms with Gasteiger partial charge in [0.25, 0.3) is 0 Å². The van der Waals surface area contributed by atoms with Crippen molar-refractivity contribution < 1.29 is 85.6 Å². The first-order valence-electron chi connectivity index (χ1n) is 21.7. The third-order valence-electron chi connectivity index (χ3n) is 9.88. The molecule has 18 nitrogen and oxygen atoms in total. The van der Waals surface area contributed by atoms with Crippen molar-refractivity contribution >= 4 is 36.2 Å². The Morgan fingerprint density at radius 3 is 1.04 bits per heavy atom. The first-order chi connectivity index (χ1) is 33.1. The highest BCUT2D eigenvalue weighted by Gasteiger charge is 2.36. The van der Waals surface area contributed by atoms with Crippen LogP contribution in [0, 0.1) is 0 Å². The molecule has 0 fully saturated rings. The maximum absolute atomic E-state index is 13.1. The molecule has 0 aliphatic heterocycles. The van der Waals surface area contributed by atoms with Crippen molar-refractivity contribution in [3.05, 3.63) is 131 Å². The molecule has 5 rings (SSSR count). The molecule has 18 heteroatoms. The van der Waals surface area contributed by atoms with Crippen LogP contribution < -0.4 is 18.9 Å². The zero-order valence-corrected chi connectivity index (χ0v) is 38.8. The lowest BCUT2D eigenvalue weighted by Gasteiger charge is -2.22. The largest absolute Gasteiger partial charge is 0.513 e. The van der Waals surface area contributed by atoms with E-state index in [4.69, 9.17) is 56.8 Å². The van der Waals surface area contributed by atoms with Crippen molar-refractivity contribution in [1.82, 2.24) is 0 Å². The second-order valence-electron chi connectivity index (χ2n) is 15.6. The highest BCUT2D eigenvalue weighted by atomic mass is 16.7. The van der Waals surface area contributed by atoms with Crippen LogP contribution in [-0.4, -0.2) is 115 Å². The number of carbonyl (C=O) groups is 6. The molecule has 0 saturated heterocycles. The summed E-state index contributed by atoms with van der Waals surface area (Å²) in [5.74, 6) is -1.27. The average molecular weight is 955 g/mol. The standard InChI is InChI=1S/C51H54O18/c1-33(2)45(52)62-27-23-58-19-21-60-25-29-64-49(56)68-37-11-7-35(8-12-37)47(54)66-39-15-17-41-42-18-16-40(32-44(42)51(5,6)43(41)31-39)67-48(55)36-9-13-38(14-10-36)69-50(57)65-30-26-61-22-20-59-24-28-63-46(53)34(3)4/h7-18,31-32H,1,3,19-30H2,2,4-6H3. The minimum Gasteiger partial charge on any atom is -0.460 e. The lowest BCUT2D eigenvalue weighted by Crippen LogP contribution is -2.17. The van der Waals surface area contributed by atoms with Crippen molar-refractivity contribution in [3.8, 4) is 34.1 Å². The van der Waals surface area contributed by atoms with Gasteiger partial charge in [0.15, 0.2) is 0 Å². The Morgan fingerprint density at radius 2 is 0.710 bits per heavy atom. The van der Waals surface area contributed by atoms with E-state index in [1.54, 1.807) is 38.1 Å². The van der Waals surface area contributed by atoms with Gasteiger partial charge >= 0.3 is 36.2 Å². The van der Waals surface area contributed by atoms with Crippen LogP contribution in [0.4, 0.5) is 9.59 Å². The monoisotopic (exact) mass is 954 g/mol. The summed E-state index contributed by atoms with van der Waals surface area (Å²) in [5, 5.41) is 0. The highest BCUT2D eigenvalue weighted by Crippen LogP contribution is 2.50. The molecule has 0 N–H and O–H groups in total. The van der Waals surface area contributed by atoms with Gasteiger partial charge in [0.2, 0.25) is 0 Å². The minimum atomic E-state index is -0.949. The summed E-state index contributed by atoms with van der Waals surface area (Å²) >= 11 is 0. The summed E-state index contributed by atoms with van der Waals surface area (Å²) in [6, 6.07) is 22.3. The molecular weight excluding hydrogens is 901 g/mol. The second kappa shape index (κ2) is 26.2. The minimum absolute atomic E-state index is 0.0625. The number of carbonyl (C=O) groups excluding carboxylic acids is 6. The summed E-state index contributed by atoms with van der Waals surface area (Å²) < 4.78 is 63.0. The summed E-state index contributed by atoms with van der Waals surface area (Å²) in [5.41, 5.74) is 4.15. The van der Waals surface area contributed by atoms with Gasteiger partial charge in [-0.25, -0.2) is 28.8 Å². The molecule has 0 radical (unpaired) electrons. The first kappa shape index (κ1) is 52.6. The molecule has 0 spiro atoms. The molecule has 0 unspecified atom stereocenters. The van der Waals surface area contributed by atoms with Crippen LogP contribution in [0.25, 0.3) is 11.1 Å². The van der Waals surface area contributed by atoms with Crippen molar-refractivity contribution in [2.24, 2.45) is 0 Å². The van der Waals surface area contributed by atoms with E-state index in [0.717, 1.165) is 22.3 Å². The van der Waals surface area contributed by atoms with Gasteiger partial charge in [-0.2, -0.15) is 0 Å². The van der Waals surface area contributed by atoms with Gasteiger partial charge in [0.05, 0.1) is 64.0 Å². The van der Waals surface area contributed by atoms with Crippen molar-refractivity contribution in [1.29, 1.82) is 0 Å². The van der Waals surface area contributed by atoms with Crippen LogP contribution >= 0.6 is 0 Å². The molecule has 4 aromatic carbocycles. The molecule has 0 heterocycles. The van der Waals surface area contributed by atoms with Gasteiger partial charge in [-0.1, -0.05) is 39.1 Å². The summed E-state index contributed by atoms with van der Waals surface area (Å²) in [6.45, 7) is 15.8. The van der Waals surface area contributed by atoms with E-state index < -0.39 is 41.6 Å². The smallest absolute Gasteiger partial charge is 0.460 e. The van der Waals surface area contributed by atoms with E-state index in [1.165, 1.54) is 48.5 Å². The quantitative estimate of drug-likeness (QED) is 0.0147. The fourth-order valence-corrected chi connectivity index (χ4v) is 6.37. The predicted octanol–water partition coefficient (Wildman–Crippen LogP) is 7.77. The molecule has 0 saturated carbocycles. The van der Waals surface area contributed by atoms with Gasteiger partial charge in [0.1, 0.15) is 49.4 Å². The molecule has 0 aromatic heterocycles. The van der Waals surface area contributed by atoms with Crippen LogP contribution in [0.15, 0.2) is 109 Å². The average Bonchev–Trinajstić information content (AvgIpc) is 3.54. The van der Waals surface area contributed by atoms with Crippen LogP contribution in [-0.2, 0) is 52.9 Å². The molecule has 0 atom stereocenters. The van der Waals surface area contributed by atoms with Gasteiger partial charge in [-0.05, 0) is 109 Å². The van der Waals surface area contributed by atoms with Crippen LogP contribution in [0.3, 0.4) is 0 Å². The van der Waals surface area contributed by atoms with Crippen LogP contribution in [0.5, 0.6) is 23.0 Å². The predicted molar refractivity (Wildman–Crippen MR) is 246 cm³/mol. The van der Waals surface area contributed by atoms with E-state index in [9.17, 15) is 28.8 Å². The van der Waals surface area contributed by atoms with Gasteiger partial charge in [-0.3, -0.25) is 0 Å². The van der Waals surface area contributed by atoms with Gasteiger partial charge in [0, 0.05) is 16.6 Å². The van der Waals surface area contributed by atoms with Gasteiger partial charge < -0.3 is 56.8 Å². The topological polar surface area (TPSA) is 213 Å². The number of hydrogen-bond donors (Lipinski definition) is 0. The molecule has 366 valence electrons. The number of rotatable bonds is 26. The van der Waals surface area contributed by atoms with E-state index in [1.807, 2.05) is 26.0 Å². The first-order valence-corrected chi connectivity index (χ1v) is 21.7. The summed E-state index contributed by atoms with van der Waals surface area (Å²) in [6.07, 6.45) is -1.90. The normalized spacial score (nSPS) is 11.8. The SMILES string of the molecule is C=C(C)C(=O)OCCOCCOCCOC(=O)Oc1ccc(C(=O)Oc2ccc3c(c2)C(C)(C)c2cc(OC(=O)c4ccc(OC(=O)OCCOCCOCCOC(=O)C(=C)C)cc4)ccc2-3)cc1. The Hall–Kier alpha value is -7.38. The molecule has 69 heavy (non-hydrogen) atoms. The number of hydrogen-bond acceptors (Lipinski definition) is 18. The third kappa shape index (κ3) is 16.4. The summed E-state index contributed by atoms with van der Waals surface area (Å²) in [7, 11) is 0. The molecule has 1 aliphatic rings. The molecule has 0 amide bonds. The van der Waals surface area contributed by atoms with E-state index >= 15 is 0 Å². The molecule has 1 aliphatic carbocycles. The maximum atomic E-state index is 13.1. The fraction of sp³-hybridized carbons (Fsp3) is 0.333. The Kier molecular flexibility index (Phi) is 20.0. The number of ether oxygens (including phenoxy) is 12. The summed E-state index contributed by atoms with van der Waals surface area (Å²) in [4.78, 5) is 73.2. The second-order valence-corrected chi connectivity index (χ2v) is 15.6. The molecule has 4 aromatic rings.